The summed E-state index contributed by atoms with van der Waals surface area (Å²) in [4.78, 5) is 34.6. The Labute approximate surface area is 162 Å². The Morgan fingerprint density at radius 1 is 1.04 bits per heavy atom. The summed E-state index contributed by atoms with van der Waals surface area (Å²) in [6.07, 6.45) is 0. The molecule has 2 aliphatic heterocycles. The Kier molecular flexibility index (Phi) is 6.50. The quantitative estimate of drug-likeness (QED) is 0.405. The summed E-state index contributed by atoms with van der Waals surface area (Å²) in [6.45, 7) is 7.22. The predicted octanol–water partition coefficient (Wildman–Crippen LogP) is 0.454. The standard InChI is InChI=1S/C19H25N5O4/c1-12-10-14-15(11-13(12)2)24(5-7-28-9-8-27-6-4-20-3)17-16(21-14)18(25)23-19(26)22-17/h10-11,20H,4-9H2,1-3H3,(H,23,25,26). The molecule has 0 aliphatic carbocycles. The zero-order valence-corrected chi connectivity index (χ0v) is 16.4. The highest BCUT2D eigenvalue weighted by atomic mass is 16.5. The molecule has 0 unspecified atom stereocenters. The van der Waals surface area contributed by atoms with Crippen molar-refractivity contribution in [1.82, 2.24) is 24.8 Å². The highest BCUT2D eigenvalue weighted by Gasteiger charge is 2.19. The average molecular weight is 387 g/mol. The number of hydrogen-bond acceptors (Lipinski definition) is 7. The van der Waals surface area contributed by atoms with Gasteiger partial charge in [0.15, 0.2) is 11.5 Å². The molecule has 0 atom stereocenters. The third-order valence-corrected chi connectivity index (χ3v) is 4.55. The van der Waals surface area contributed by atoms with Crippen molar-refractivity contribution in [2.24, 2.45) is 0 Å². The molecule has 0 fully saturated rings. The zero-order chi connectivity index (χ0) is 20.1. The number of likely N-dealkylation sites (N-methyl/N-ethyl adjacent to an activating group) is 1. The Bertz CT molecular complexity index is 1040. The minimum atomic E-state index is -0.685. The second kappa shape index (κ2) is 9.05. The molecule has 1 aromatic rings. The molecule has 150 valence electrons. The van der Waals surface area contributed by atoms with Crippen LogP contribution in [0.1, 0.15) is 11.1 Å². The largest absolute Gasteiger partial charge is 0.378 e. The number of nitrogens with zero attached hydrogens (tertiary/aromatic N) is 3. The molecule has 0 bridgehead atoms. The lowest BCUT2D eigenvalue weighted by atomic mass is 10.1. The maximum absolute atomic E-state index is 12.2. The normalized spacial score (nSPS) is 11.5. The number of aryl methyl sites for hydroxylation is 2. The third-order valence-electron chi connectivity index (χ3n) is 4.55. The van der Waals surface area contributed by atoms with E-state index in [-0.39, 0.29) is 11.5 Å². The van der Waals surface area contributed by atoms with Gasteiger partial charge in [0.05, 0.1) is 37.5 Å². The fraction of sp³-hybridized carbons (Fsp3) is 0.474. The van der Waals surface area contributed by atoms with E-state index in [1.165, 1.54) is 0 Å². The molecule has 0 spiro atoms. The van der Waals surface area contributed by atoms with Gasteiger partial charge in [-0.3, -0.25) is 9.78 Å². The van der Waals surface area contributed by atoms with Crippen molar-refractivity contribution in [2.45, 2.75) is 20.4 Å². The molecule has 0 radical (unpaired) electrons. The van der Waals surface area contributed by atoms with Gasteiger partial charge in [-0.25, -0.2) is 9.78 Å². The van der Waals surface area contributed by atoms with Crippen molar-refractivity contribution in [2.75, 3.05) is 40.0 Å². The summed E-state index contributed by atoms with van der Waals surface area (Å²) in [5.74, 6) is 0.262. The minimum Gasteiger partial charge on any atom is -0.378 e. The predicted molar refractivity (Wildman–Crippen MR) is 106 cm³/mol. The summed E-state index contributed by atoms with van der Waals surface area (Å²) in [5, 5.41) is 3.01. The summed E-state index contributed by atoms with van der Waals surface area (Å²) in [5.41, 5.74) is 2.57. The Hall–Kier alpha value is -2.62. The van der Waals surface area contributed by atoms with Gasteiger partial charge in [0, 0.05) is 13.1 Å². The van der Waals surface area contributed by atoms with Crippen LogP contribution in [0.5, 0.6) is 0 Å². The SMILES string of the molecule is CNCCOCCOCCn1c2nc(=O)[nH]c(=O)c-2nc2cc(C)c(C)cc21. The summed E-state index contributed by atoms with van der Waals surface area (Å²) in [7, 11) is 1.87. The van der Waals surface area contributed by atoms with Gasteiger partial charge >= 0.3 is 5.69 Å². The van der Waals surface area contributed by atoms with E-state index in [1.54, 1.807) is 0 Å². The van der Waals surface area contributed by atoms with E-state index in [4.69, 9.17) is 9.47 Å². The van der Waals surface area contributed by atoms with Gasteiger partial charge in [-0.2, -0.15) is 4.98 Å². The van der Waals surface area contributed by atoms with Crippen molar-refractivity contribution in [1.29, 1.82) is 0 Å². The van der Waals surface area contributed by atoms with E-state index in [0.717, 1.165) is 23.2 Å². The molecule has 28 heavy (non-hydrogen) atoms. The van der Waals surface area contributed by atoms with Crippen LogP contribution < -0.4 is 16.6 Å². The number of aromatic amines is 1. The van der Waals surface area contributed by atoms with Gasteiger partial charge in [0.2, 0.25) is 0 Å². The Morgan fingerprint density at radius 3 is 2.50 bits per heavy atom. The lowest BCUT2D eigenvalue weighted by Crippen LogP contribution is -2.29. The highest BCUT2D eigenvalue weighted by Crippen LogP contribution is 2.23. The Morgan fingerprint density at radius 2 is 1.75 bits per heavy atom. The van der Waals surface area contributed by atoms with Gasteiger partial charge in [0.25, 0.3) is 5.56 Å². The third kappa shape index (κ3) is 4.44. The average Bonchev–Trinajstić information content (AvgIpc) is 2.65. The molecule has 0 saturated carbocycles. The molecular weight excluding hydrogens is 362 g/mol. The van der Waals surface area contributed by atoms with Crippen LogP contribution in [0.4, 0.5) is 0 Å². The first-order valence-electron chi connectivity index (χ1n) is 9.23. The van der Waals surface area contributed by atoms with E-state index in [9.17, 15) is 9.59 Å². The fourth-order valence-corrected chi connectivity index (χ4v) is 2.93. The van der Waals surface area contributed by atoms with Gasteiger partial charge in [0.1, 0.15) is 0 Å². The smallest absolute Gasteiger partial charge is 0.349 e. The number of hydrogen-bond donors (Lipinski definition) is 2. The summed E-state index contributed by atoms with van der Waals surface area (Å²) in [6, 6.07) is 3.92. The summed E-state index contributed by atoms with van der Waals surface area (Å²) < 4.78 is 12.9. The maximum atomic E-state index is 12.2. The van der Waals surface area contributed by atoms with Crippen molar-refractivity contribution < 1.29 is 9.47 Å². The lowest BCUT2D eigenvalue weighted by Gasteiger charge is -2.17. The van der Waals surface area contributed by atoms with Crippen LogP contribution in [-0.4, -0.2) is 59.5 Å². The van der Waals surface area contributed by atoms with Gasteiger partial charge in [-0.05, 0) is 44.2 Å². The first-order chi connectivity index (χ1) is 13.5. The van der Waals surface area contributed by atoms with Gasteiger partial charge in [-0.15, -0.1) is 0 Å². The number of nitrogens with one attached hydrogen (secondary N) is 2. The highest BCUT2D eigenvalue weighted by molar-refractivity contribution is 5.81. The summed E-state index contributed by atoms with van der Waals surface area (Å²) >= 11 is 0. The number of ether oxygens (including phenoxy) is 2. The topological polar surface area (TPSA) is 111 Å². The molecule has 2 N–H and O–H groups in total. The van der Waals surface area contributed by atoms with E-state index in [1.807, 2.05) is 37.6 Å². The van der Waals surface area contributed by atoms with Crippen LogP contribution in [0, 0.1) is 13.8 Å². The van der Waals surface area contributed by atoms with E-state index >= 15 is 0 Å². The molecule has 1 aromatic carbocycles. The van der Waals surface area contributed by atoms with Crippen LogP contribution in [-0.2, 0) is 16.0 Å². The second-order valence-corrected chi connectivity index (χ2v) is 6.56. The molecule has 9 nitrogen and oxygen atoms in total. The molecule has 0 aromatic heterocycles. The molecule has 3 rings (SSSR count). The van der Waals surface area contributed by atoms with E-state index in [2.05, 4.69) is 20.3 Å². The van der Waals surface area contributed by atoms with Gasteiger partial charge in [-0.1, -0.05) is 0 Å². The van der Waals surface area contributed by atoms with Crippen molar-refractivity contribution in [3.63, 3.8) is 0 Å². The molecule has 2 heterocycles. The van der Waals surface area contributed by atoms with E-state index in [0.29, 0.717) is 38.5 Å². The molecule has 0 amide bonds. The van der Waals surface area contributed by atoms with Crippen LogP contribution in [0.15, 0.2) is 21.7 Å². The molecular formula is C19H25N5O4. The lowest BCUT2D eigenvalue weighted by molar-refractivity contribution is 0.0466. The fourth-order valence-electron chi connectivity index (χ4n) is 2.93. The number of benzene rings is 1. The number of fused-ring (bicyclic) bond motifs is 2. The van der Waals surface area contributed by atoms with Crippen LogP contribution >= 0.6 is 0 Å². The van der Waals surface area contributed by atoms with Crippen molar-refractivity contribution in [3.8, 4) is 11.5 Å². The van der Waals surface area contributed by atoms with Crippen molar-refractivity contribution >= 4 is 11.0 Å². The minimum absolute atomic E-state index is 0.144. The van der Waals surface area contributed by atoms with Gasteiger partial charge < -0.3 is 19.4 Å². The number of rotatable bonds is 9. The van der Waals surface area contributed by atoms with Crippen LogP contribution in [0.2, 0.25) is 0 Å². The van der Waals surface area contributed by atoms with Crippen LogP contribution in [0.25, 0.3) is 22.6 Å². The van der Waals surface area contributed by atoms with Crippen LogP contribution in [0.3, 0.4) is 0 Å². The first-order valence-corrected chi connectivity index (χ1v) is 9.23. The van der Waals surface area contributed by atoms with Crippen molar-refractivity contribution in [3.05, 3.63) is 44.1 Å². The number of H-pyrrole nitrogens is 1. The molecule has 9 heteroatoms. The zero-order valence-electron chi connectivity index (χ0n) is 16.4. The Balaban J connectivity index is 1.87. The maximum Gasteiger partial charge on any atom is 0.349 e. The monoisotopic (exact) mass is 387 g/mol. The van der Waals surface area contributed by atoms with E-state index < -0.39 is 11.2 Å². The first kappa shape index (κ1) is 20.1. The number of aromatic nitrogens is 4. The molecule has 0 saturated heterocycles. The molecule has 2 aliphatic rings. The second-order valence-electron chi connectivity index (χ2n) is 6.56.